The maximum atomic E-state index is 11.9. The first kappa shape index (κ1) is 12.8. The van der Waals surface area contributed by atoms with Crippen molar-refractivity contribution in [2.75, 3.05) is 13.7 Å². The van der Waals surface area contributed by atoms with E-state index in [0.717, 1.165) is 5.70 Å². The third-order valence-electron chi connectivity index (χ3n) is 2.24. The van der Waals surface area contributed by atoms with Gasteiger partial charge in [0, 0.05) is 18.7 Å². The summed E-state index contributed by atoms with van der Waals surface area (Å²) in [5, 5.41) is 3.06. The second-order valence-electron chi connectivity index (χ2n) is 3.45. The smallest absolute Gasteiger partial charge is 0.272 e. The maximum absolute atomic E-state index is 11.9. The largest absolute Gasteiger partial charge is 0.492 e. The van der Waals surface area contributed by atoms with E-state index in [-0.39, 0.29) is 6.04 Å². The summed E-state index contributed by atoms with van der Waals surface area (Å²) in [7, 11) is 1.84. The van der Waals surface area contributed by atoms with Gasteiger partial charge in [0.2, 0.25) is 0 Å². The molecule has 0 radical (unpaired) electrons. The number of allylic oxidation sites excluding steroid dienone is 3. The Bertz CT molecular complexity index is 311. The van der Waals surface area contributed by atoms with Crippen LogP contribution in [0.15, 0.2) is 28.6 Å². The molecule has 0 aromatic heterocycles. The van der Waals surface area contributed by atoms with Gasteiger partial charge in [-0.3, -0.25) is 4.99 Å². The number of hydrogen-bond donors (Lipinski definition) is 1. The first-order valence-corrected chi connectivity index (χ1v) is 5.15. The molecule has 1 aliphatic heterocycles. The number of ether oxygens (including phenoxy) is 1. The lowest BCUT2D eigenvalue weighted by Crippen LogP contribution is -2.22. The van der Waals surface area contributed by atoms with Crippen molar-refractivity contribution in [2.45, 2.75) is 25.8 Å². The SMILES string of the molecule is CNC(C)C1=CC=C(OCC(F)F)CC=N1. The highest BCUT2D eigenvalue weighted by molar-refractivity contribution is 5.63. The fourth-order valence-electron chi connectivity index (χ4n) is 1.21. The highest BCUT2D eigenvalue weighted by atomic mass is 19.3. The van der Waals surface area contributed by atoms with Crippen LogP contribution >= 0.6 is 0 Å². The molecule has 5 heteroatoms. The average molecular weight is 230 g/mol. The van der Waals surface area contributed by atoms with Gasteiger partial charge in [-0.25, -0.2) is 8.78 Å². The highest BCUT2D eigenvalue weighted by Crippen LogP contribution is 2.13. The fourth-order valence-corrected chi connectivity index (χ4v) is 1.21. The van der Waals surface area contributed by atoms with E-state index >= 15 is 0 Å². The van der Waals surface area contributed by atoms with Crippen LogP contribution < -0.4 is 5.32 Å². The van der Waals surface area contributed by atoms with Crippen LogP contribution in [-0.4, -0.2) is 32.3 Å². The van der Waals surface area contributed by atoms with Crippen LogP contribution in [-0.2, 0) is 4.74 Å². The van der Waals surface area contributed by atoms with Crippen LogP contribution in [0.1, 0.15) is 13.3 Å². The van der Waals surface area contributed by atoms with Gasteiger partial charge in [0.15, 0.2) is 0 Å². The third-order valence-corrected chi connectivity index (χ3v) is 2.24. The van der Waals surface area contributed by atoms with Crippen molar-refractivity contribution in [1.29, 1.82) is 0 Å². The number of nitrogens with zero attached hydrogens (tertiary/aromatic N) is 1. The van der Waals surface area contributed by atoms with E-state index in [2.05, 4.69) is 10.3 Å². The van der Waals surface area contributed by atoms with Gasteiger partial charge < -0.3 is 10.1 Å². The Kier molecular flexibility index (Phi) is 5.11. The van der Waals surface area contributed by atoms with Gasteiger partial charge >= 0.3 is 0 Å². The standard InChI is InChI=1S/C11H16F2N2O/c1-8(14-2)10-4-3-9(5-6-15-10)16-7-11(12)13/h3-4,6,8,11,14H,5,7H2,1-2H3. The summed E-state index contributed by atoms with van der Waals surface area (Å²) < 4.78 is 28.8. The molecule has 0 saturated heterocycles. The molecule has 1 rings (SSSR count). The van der Waals surface area contributed by atoms with E-state index in [9.17, 15) is 8.78 Å². The third kappa shape index (κ3) is 4.10. The quantitative estimate of drug-likeness (QED) is 0.784. The van der Waals surface area contributed by atoms with E-state index in [1.54, 1.807) is 18.4 Å². The summed E-state index contributed by atoms with van der Waals surface area (Å²) in [4.78, 5) is 4.23. The fraction of sp³-hybridized carbons (Fsp3) is 0.545. The Hall–Kier alpha value is -1.23. The van der Waals surface area contributed by atoms with Crippen LogP contribution in [0.25, 0.3) is 0 Å². The topological polar surface area (TPSA) is 33.6 Å². The van der Waals surface area contributed by atoms with Crippen LogP contribution in [0.2, 0.25) is 0 Å². The van der Waals surface area contributed by atoms with Crippen molar-refractivity contribution in [2.24, 2.45) is 4.99 Å². The number of likely N-dealkylation sites (N-methyl/N-ethyl adjacent to an activating group) is 1. The molecule has 0 fully saturated rings. The lowest BCUT2D eigenvalue weighted by Gasteiger charge is -2.08. The Morgan fingerprint density at radius 2 is 2.25 bits per heavy atom. The molecular formula is C11H16F2N2O. The molecule has 0 spiro atoms. The minimum atomic E-state index is -2.44. The lowest BCUT2D eigenvalue weighted by molar-refractivity contribution is 0.0481. The van der Waals surface area contributed by atoms with E-state index in [0.29, 0.717) is 12.2 Å². The van der Waals surface area contributed by atoms with E-state index in [1.807, 2.05) is 14.0 Å². The molecule has 90 valence electrons. The van der Waals surface area contributed by atoms with Crippen molar-refractivity contribution in [3.05, 3.63) is 23.6 Å². The number of rotatable bonds is 5. The predicted molar refractivity (Wildman–Crippen MR) is 59.8 cm³/mol. The van der Waals surface area contributed by atoms with Gasteiger partial charge in [-0.2, -0.15) is 0 Å². The van der Waals surface area contributed by atoms with Gasteiger partial charge in [-0.05, 0) is 26.1 Å². The molecule has 1 heterocycles. The molecule has 1 N–H and O–H groups in total. The summed E-state index contributed by atoms with van der Waals surface area (Å²) >= 11 is 0. The van der Waals surface area contributed by atoms with Crippen LogP contribution in [0.4, 0.5) is 8.78 Å². The Balaban J connectivity index is 2.60. The van der Waals surface area contributed by atoms with Crippen molar-refractivity contribution in [3.8, 4) is 0 Å². The zero-order valence-corrected chi connectivity index (χ0v) is 9.41. The van der Waals surface area contributed by atoms with Gasteiger partial charge in [0.25, 0.3) is 6.43 Å². The molecule has 0 bridgehead atoms. The lowest BCUT2D eigenvalue weighted by atomic mass is 10.2. The molecule has 0 amide bonds. The van der Waals surface area contributed by atoms with Crippen molar-refractivity contribution in [3.63, 3.8) is 0 Å². The van der Waals surface area contributed by atoms with Gasteiger partial charge in [0.05, 0.1) is 5.70 Å². The van der Waals surface area contributed by atoms with Crippen LogP contribution in [0.5, 0.6) is 0 Å². The van der Waals surface area contributed by atoms with E-state index < -0.39 is 13.0 Å². The summed E-state index contributed by atoms with van der Waals surface area (Å²) in [5.74, 6) is 0.516. The van der Waals surface area contributed by atoms with Crippen LogP contribution in [0.3, 0.4) is 0 Å². The zero-order valence-electron chi connectivity index (χ0n) is 9.41. The first-order chi connectivity index (χ1) is 7.63. The summed E-state index contributed by atoms with van der Waals surface area (Å²) in [5.41, 5.74) is 0.859. The van der Waals surface area contributed by atoms with E-state index in [4.69, 9.17) is 4.74 Å². The maximum Gasteiger partial charge on any atom is 0.272 e. The normalized spacial score (nSPS) is 17.8. The average Bonchev–Trinajstić information content (AvgIpc) is 2.50. The second-order valence-corrected chi connectivity index (χ2v) is 3.45. The van der Waals surface area contributed by atoms with Crippen LogP contribution in [0, 0.1) is 0 Å². The molecule has 3 nitrogen and oxygen atoms in total. The monoisotopic (exact) mass is 230 g/mol. The molecule has 0 aromatic carbocycles. The summed E-state index contributed by atoms with van der Waals surface area (Å²) in [6.07, 6.45) is 3.15. The predicted octanol–water partition coefficient (Wildman–Crippen LogP) is 2.12. The van der Waals surface area contributed by atoms with Gasteiger partial charge in [-0.1, -0.05) is 0 Å². The summed E-state index contributed by atoms with van der Waals surface area (Å²) in [6.45, 7) is 1.41. The Morgan fingerprint density at radius 1 is 1.50 bits per heavy atom. The van der Waals surface area contributed by atoms with Gasteiger partial charge in [0.1, 0.15) is 12.4 Å². The first-order valence-electron chi connectivity index (χ1n) is 5.15. The van der Waals surface area contributed by atoms with Crippen molar-refractivity contribution < 1.29 is 13.5 Å². The number of halogens is 2. The molecule has 0 aromatic rings. The Labute approximate surface area is 93.9 Å². The molecule has 1 aliphatic rings. The number of hydrogen-bond acceptors (Lipinski definition) is 3. The molecule has 16 heavy (non-hydrogen) atoms. The molecule has 1 atom stereocenters. The van der Waals surface area contributed by atoms with Gasteiger partial charge in [-0.15, -0.1) is 0 Å². The molecule has 0 saturated carbocycles. The minimum absolute atomic E-state index is 0.127. The second kappa shape index (κ2) is 6.37. The Morgan fingerprint density at radius 3 is 2.88 bits per heavy atom. The highest BCUT2D eigenvalue weighted by Gasteiger charge is 2.08. The number of aliphatic imine (C=N–C) groups is 1. The summed E-state index contributed by atoms with van der Waals surface area (Å²) in [6, 6.07) is 0.127. The molecule has 0 aliphatic carbocycles. The van der Waals surface area contributed by atoms with E-state index in [1.165, 1.54) is 0 Å². The number of nitrogens with one attached hydrogen (secondary N) is 1. The van der Waals surface area contributed by atoms with Crippen molar-refractivity contribution in [1.82, 2.24) is 5.32 Å². The molecular weight excluding hydrogens is 214 g/mol. The zero-order chi connectivity index (χ0) is 12.0. The molecule has 1 unspecified atom stereocenters. The van der Waals surface area contributed by atoms with Crippen molar-refractivity contribution >= 4 is 6.21 Å². The number of alkyl halides is 2. The minimum Gasteiger partial charge on any atom is -0.492 e.